The quantitative estimate of drug-likeness (QED) is 0.758. The van der Waals surface area contributed by atoms with Crippen LogP contribution in [-0.2, 0) is 22.4 Å². The molecule has 2 heterocycles. The third-order valence-electron chi connectivity index (χ3n) is 3.40. The number of carbonyl (C=O) groups is 1. The van der Waals surface area contributed by atoms with E-state index in [9.17, 15) is 4.79 Å². The van der Waals surface area contributed by atoms with E-state index in [-0.39, 0.29) is 6.10 Å². The Hall–Kier alpha value is -1.43. The van der Waals surface area contributed by atoms with Gasteiger partial charge in [0.05, 0.1) is 31.6 Å². The lowest BCUT2D eigenvalue weighted by Crippen LogP contribution is -2.19. The van der Waals surface area contributed by atoms with Gasteiger partial charge in [0.25, 0.3) is 0 Å². The van der Waals surface area contributed by atoms with Gasteiger partial charge in [-0.15, -0.1) is 5.10 Å². The number of hydrogen-bond donors (Lipinski definition) is 0. The Morgan fingerprint density at radius 2 is 2.32 bits per heavy atom. The molecule has 0 aromatic carbocycles. The van der Waals surface area contributed by atoms with Crippen molar-refractivity contribution in [3.63, 3.8) is 0 Å². The minimum atomic E-state index is -0.421. The van der Waals surface area contributed by atoms with Crippen LogP contribution in [0.25, 0.3) is 0 Å². The van der Waals surface area contributed by atoms with Crippen molar-refractivity contribution >= 4 is 5.97 Å². The Morgan fingerprint density at radius 1 is 1.53 bits per heavy atom. The maximum Gasteiger partial charge on any atom is 0.360 e. The fourth-order valence-corrected chi connectivity index (χ4v) is 2.43. The SMILES string of the molecule is CCCc1c(C(=O)OC)nnn1CC1CCC(C)O1. The first-order valence-corrected chi connectivity index (χ1v) is 6.81. The van der Waals surface area contributed by atoms with Gasteiger partial charge >= 0.3 is 5.97 Å². The standard InChI is InChI=1S/C13H21N3O3/c1-4-5-11-12(13(17)18-3)14-15-16(11)8-10-7-6-9(2)19-10/h9-10H,4-8H2,1-3H3. The minimum absolute atomic E-state index is 0.165. The molecular formula is C13H21N3O3. The molecule has 0 saturated carbocycles. The highest BCUT2D eigenvalue weighted by molar-refractivity contribution is 5.88. The molecule has 6 heteroatoms. The molecule has 1 aliphatic heterocycles. The summed E-state index contributed by atoms with van der Waals surface area (Å²) in [6.45, 7) is 4.80. The van der Waals surface area contributed by atoms with E-state index in [1.807, 2.05) is 0 Å². The highest BCUT2D eigenvalue weighted by atomic mass is 16.5. The summed E-state index contributed by atoms with van der Waals surface area (Å²) in [6.07, 6.45) is 4.27. The lowest BCUT2D eigenvalue weighted by atomic mass is 10.2. The zero-order chi connectivity index (χ0) is 13.8. The summed E-state index contributed by atoms with van der Waals surface area (Å²) in [6, 6.07) is 0. The maximum absolute atomic E-state index is 11.6. The number of aromatic nitrogens is 3. The van der Waals surface area contributed by atoms with Gasteiger partial charge in [-0.05, 0) is 26.2 Å². The Bertz CT molecular complexity index is 444. The topological polar surface area (TPSA) is 66.2 Å². The Balaban J connectivity index is 2.15. The predicted molar refractivity (Wildman–Crippen MR) is 68.9 cm³/mol. The zero-order valence-electron chi connectivity index (χ0n) is 11.8. The molecule has 0 amide bonds. The molecule has 0 N–H and O–H groups in total. The third-order valence-corrected chi connectivity index (χ3v) is 3.40. The highest BCUT2D eigenvalue weighted by Gasteiger charge is 2.25. The van der Waals surface area contributed by atoms with Crippen molar-refractivity contribution in [2.24, 2.45) is 0 Å². The summed E-state index contributed by atoms with van der Waals surface area (Å²) >= 11 is 0. The van der Waals surface area contributed by atoms with Crippen LogP contribution in [0.15, 0.2) is 0 Å². The molecule has 0 spiro atoms. The average Bonchev–Trinajstić information content (AvgIpc) is 2.97. The van der Waals surface area contributed by atoms with E-state index in [1.165, 1.54) is 7.11 Å². The van der Waals surface area contributed by atoms with Crippen molar-refractivity contribution in [1.82, 2.24) is 15.0 Å². The van der Waals surface area contributed by atoms with Crippen LogP contribution in [0.1, 0.15) is 49.3 Å². The first-order valence-electron chi connectivity index (χ1n) is 6.81. The van der Waals surface area contributed by atoms with Crippen LogP contribution in [-0.4, -0.2) is 40.3 Å². The van der Waals surface area contributed by atoms with Crippen LogP contribution in [0.3, 0.4) is 0 Å². The van der Waals surface area contributed by atoms with Crippen molar-refractivity contribution in [2.75, 3.05) is 7.11 Å². The second-order valence-electron chi connectivity index (χ2n) is 4.95. The lowest BCUT2D eigenvalue weighted by molar-refractivity contribution is 0.0427. The van der Waals surface area contributed by atoms with Crippen molar-refractivity contribution in [3.8, 4) is 0 Å². The Morgan fingerprint density at radius 3 is 2.89 bits per heavy atom. The molecule has 1 aliphatic rings. The number of nitrogens with zero attached hydrogens (tertiary/aromatic N) is 3. The molecule has 0 radical (unpaired) electrons. The molecular weight excluding hydrogens is 246 g/mol. The molecule has 106 valence electrons. The van der Waals surface area contributed by atoms with E-state index in [2.05, 4.69) is 24.2 Å². The minimum Gasteiger partial charge on any atom is -0.464 e. The van der Waals surface area contributed by atoms with Crippen LogP contribution in [0.5, 0.6) is 0 Å². The Labute approximate surface area is 113 Å². The molecule has 1 aromatic heterocycles. The second kappa shape index (κ2) is 6.14. The second-order valence-corrected chi connectivity index (χ2v) is 4.95. The van der Waals surface area contributed by atoms with Gasteiger partial charge in [0.1, 0.15) is 0 Å². The molecule has 1 aromatic rings. The van der Waals surface area contributed by atoms with Crippen LogP contribution < -0.4 is 0 Å². The number of methoxy groups -OCH3 is 1. The number of esters is 1. The summed E-state index contributed by atoms with van der Waals surface area (Å²) in [7, 11) is 1.36. The number of hydrogen-bond acceptors (Lipinski definition) is 5. The molecule has 2 rings (SSSR count). The lowest BCUT2D eigenvalue weighted by Gasteiger charge is -2.12. The fourth-order valence-electron chi connectivity index (χ4n) is 2.43. The van der Waals surface area contributed by atoms with Gasteiger partial charge in [-0.1, -0.05) is 18.6 Å². The van der Waals surface area contributed by atoms with E-state index < -0.39 is 5.97 Å². The largest absolute Gasteiger partial charge is 0.464 e. The van der Waals surface area contributed by atoms with Gasteiger partial charge in [-0.25, -0.2) is 9.48 Å². The van der Waals surface area contributed by atoms with Gasteiger partial charge in [-0.2, -0.15) is 0 Å². The molecule has 6 nitrogen and oxygen atoms in total. The van der Waals surface area contributed by atoms with E-state index in [0.717, 1.165) is 31.4 Å². The molecule has 2 unspecified atom stereocenters. The van der Waals surface area contributed by atoms with Gasteiger partial charge in [0.15, 0.2) is 5.69 Å². The monoisotopic (exact) mass is 267 g/mol. The van der Waals surface area contributed by atoms with Crippen molar-refractivity contribution in [1.29, 1.82) is 0 Å². The van der Waals surface area contributed by atoms with E-state index in [4.69, 9.17) is 9.47 Å². The Kier molecular flexibility index (Phi) is 4.52. The van der Waals surface area contributed by atoms with Crippen LogP contribution in [0.4, 0.5) is 0 Å². The maximum atomic E-state index is 11.6. The van der Waals surface area contributed by atoms with Gasteiger partial charge in [0.2, 0.25) is 0 Å². The van der Waals surface area contributed by atoms with Crippen LogP contribution >= 0.6 is 0 Å². The molecule has 19 heavy (non-hydrogen) atoms. The smallest absolute Gasteiger partial charge is 0.360 e. The zero-order valence-corrected chi connectivity index (χ0v) is 11.8. The van der Waals surface area contributed by atoms with Crippen molar-refractivity contribution in [3.05, 3.63) is 11.4 Å². The summed E-state index contributed by atoms with van der Waals surface area (Å²) in [4.78, 5) is 11.6. The molecule has 1 saturated heterocycles. The van der Waals surface area contributed by atoms with Crippen molar-refractivity contribution < 1.29 is 14.3 Å². The molecule has 0 bridgehead atoms. The third kappa shape index (κ3) is 3.12. The summed E-state index contributed by atoms with van der Waals surface area (Å²) in [5.74, 6) is -0.421. The van der Waals surface area contributed by atoms with E-state index in [1.54, 1.807) is 4.68 Å². The first kappa shape index (κ1) is 14.0. The number of rotatable bonds is 5. The molecule has 0 aliphatic carbocycles. The average molecular weight is 267 g/mol. The summed E-state index contributed by atoms with van der Waals surface area (Å²) in [5, 5.41) is 8.03. The highest BCUT2D eigenvalue weighted by Crippen LogP contribution is 2.21. The van der Waals surface area contributed by atoms with Crippen molar-refractivity contribution in [2.45, 2.75) is 58.3 Å². The number of carbonyl (C=O) groups excluding carboxylic acids is 1. The van der Waals surface area contributed by atoms with Crippen LogP contribution in [0, 0.1) is 0 Å². The summed E-state index contributed by atoms with van der Waals surface area (Å²) < 4.78 is 12.3. The van der Waals surface area contributed by atoms with Gasteiger partial charge in [-0.3, -0.25) is 0 Å². The normalized spacial score (nSPS) is 22.7. The number of ether oxygens (including phenoxy) is 2. The van der Waals surface area contributed by atoms with E-state index >= 15 is 0 Å². The predicted octanol–water partition coefficient (Wildman–Crippen LogP) is 1.58. The van der Waals surface area contributed by atoms with Gasteiger partial charge < -0.3 is 9.47 Å². The molecule has 2 atom stereocenters. The van der Waals surface area contributed by atoms with Gasteiger partial charge in [0, 0.05) is 0 Å². The first-order chi connectivity index (χ1) is 9.15. The van der Waals surface area contributed by atoms with E-state index in [0.29, 0.717) is 18.3 Å². The van der Waals surface area contributed by atoms with Crippen LogP contribution in [0.2, 0.25) is 0 Å². The molecule has 1 fully saturated rings. The fraction of sp³-hybridized carbons (Fsp3) is 0.769. The summed E-state index contributed by atoms with van der Waals surface area (Å²) in [5.41, 5.74) is 1.17.